The molecule has 0 unspecified atom stereocenters. The molecule has 0 radical (unpaired) electrons. The SMILES string of the molecule is C=C1C(=O)C[C@H]2C(=C)C(=O)O[C@@H]2/C=C(/COC(=O)CC(C)C)CC[C@@H]1OC. The van der Waals surface area contributed by atoms with Gasteiger partial charge in [-0.3, -0.25) is 9.59 Å². The molecule has 0 saturated carbocycles. The number of ether oxygens (including phenoxy) is 3. The topological polar surface area (TPSA) is 78.9 Å². The van der Waals surface area contributed by atoms with Gasteiger partial charge in [-0.05, 0) is 30.4 Å². The maximum atomic E-state index is 12.5. The summed E-state index contributed by atoms with van der Waals surface area (Å²) in [6.45, 7) is 11.7. The van der Waals surface area contributed by atoms with Gasteiger partial charge in [-0.1, -0.05) is 27.0 Å². The van der Waals surface area contributed by atoms with Crippen LogP contribution in [0.25, 0.3) is 0 Å². The van der Waals surface area contributed by atoms with Gasteiger partial charge < -0.3 is 14.2 Å². The van der Waals surface area contributed by atoms with Crippen LogP contribution in [0.2, 0.25) is 0 Å². The van der Waals surface area contributed by atoms with Crippen molar-refractivity contribution in [2.45, 2.75) is 51.7 Å². The summed E-state index contributed by atoms with van der Waals surface area (Å²) in [4.78, 5) is 36.4. The van der Waals surface area contributed by atoms with Crippen LogP contribution in [-0.4, -0.2) is 43.6 Å². The normalized spacial score (nSPS) is 28.4. The Morgan fingerprint density at radius 2 is 2.00 bits per heavy atom. The van der Waals surface area contributed by atoms with Crippen LogP contribution in [0.4, 0.5) is 0 Å². The molecule has 6 heteroatoms. The Hall–Kier alpha value is -2.21. The first-order valence-electron chi connectivity index (χ1n) is 9.22. The van der Waals surface area contributed by atoms with Crippen LogP contribution in [0.1, 0.15) is 39.5 Å². The van der Waals surface area contributed by atoms with Crippen molar-refractivity contribution < 1.29 is 28.6 Å². The lowest BCUT2D eigenvalue weighted by atomic mass is 9.85. The summed E-state index contributed by atoms with van der Waals surface area (Å²) in [5, 5.41) is 0. The molecule has 0 amide bonds. The van der Waals surface area contributed by atoms with Crippen molar-refractivity contribution in [3.8, 4) is 0 Å². The summed E-state index contributed by atoms with van der Waals surface area (Å²) in [5.74, 6) is -1.16. The van der Waals surface area contributed by atoms with E-state index in [0.29, 0.717) is 24.8 Å². The molecule has 27 heavy (non-hydrogen) atoms. The molecule has 1 aliphatic heterocycles. The van der Waals surface area contributed by atoms with Gasteiger partial charge >= 0.3 is 11.9 Å². The molecule has 1 heterocycles. The van der Waals surface area contributed by atoms with Gasteiger partial charge in [-0.25, -0.2) is 4.79 Å². The molecular weight excluding hydrogens is 348 g/mol. The quantitative estimate of drug-likeness (QED) is 0.417. The molecule has 0 aromatic carbocycles. The Balaban J connectivity index is 2.23. The van der Waals surface area contributed by atoms with Gasteiger partial charge in [0.15, 0.2) is 5.78 Å². The number of rotatable bonds is 5. The Labute approximate surface area is 160 Å². The zero-order valence-corrected chi connectivity index (χ0v) is 16.3. The summed E-state index contributed by atoms with van der Waals surface area (Å²) >= 11 is 0. The van der Waals surface area contributed by atoms with Gasteiger partial charge in [0.25, 0.3) is 0 Å². The second-order valence-electron chi connectivity index (χ2n) is 7.50. The van der Waals surface area contributed by atoms with Gasteiger partial charge in [-0.2, -0.15) is 0 Å². The van der Waals surface area contributed by atoms with Gasteiger partial charge in [0.2, 0.25) is 0 Å². The third-order valence-corrected chi connectivity index (χ3v) is 4.91. The lowest BCUT2D eigenvalue weighted by molar-refractivity contribution is -0.143. The highest BCUT2D eigenvalue weighted by atomic mass is 16.6. The van der Waals surface area contributed by atoms with E-state index in [1.807, 2.05) is 13.8 Å². The first kappa shape index (κ1) is 21.1. The molecule has 2 aliphatic rings. The first-order valence-corrected chi connectivity index (χ1v) is 9.22. The van der Waals surface area contributed by atoms with E-state index in [9.17, 15) is 14.4 Å². The van der Waals surface area contributed by atoms with E-state index in [0.717, 1.165) is 5.57 Å². The monoisotopic (exact) mass is 376 g/mol. The molecule has 1 fully saturated rings. The number of carbonyl (C=O) groups is 3. The standard InChI is InChI=1S/C21H28O6/c1-12(2)8-20(23)26-11-15-6-7-18(25-5)14(4)17(22)10-16-13(3)21(24)27-19(16)9-15/h9,12,16,18-19H,3-4,6-8,10-11H2,1-2,5H3/b15-9+/t16-,18-,19+/m0/s1. The van der Waals surface area contributed by atoms with Crippen LogP contribution < -0.4 is 0 Å². The number of methoxy groups -OCH3 is 1. The predicted molar refractivity (Wildman–Crippen MR) is 99.8 cm³/mol. The number of carbonyl (C=O) groups excluding carboxylic acids is 3. The minimum absolute atomic E-state index is 0.0881. The van der Waals surface area contributed by atoms with Crippen molar-refractivity contribution in [2.24, 2.45) is 11.8 Å². The lowest BCUT2D eigenvalue weighted by Gasteiger charge is -2.23. The minimum atomic E-state index is -0.584. The summed E-state index contributed by atoms with van der Waals surface area (Å²) < 4.78 is 16.2. The fourth-order valence-electron chi connectivity index (χ4n) is 3.28. The summed E-state index contributed by atoms with van der Waals surface area (Å²) in [6, 6.07) is 0. The highest BCUT2D eigenvalue weighted by Gasteiger charge is 2.40. The summed E-state index contributed by atoms with van der Waals surface area (Å²) in [6.07, 6.45) is 2.28. The van der Waals surface area contributed by atoms with E-state index in [-0.39, 0.29) is 36.3 Å². The third kappa shape index (κ3) is 5.39. The molecule has 0 N–H and O–H groups in total. The van der Waals surface area contributed by atoms with Gasteiger partial charge in [-0.15, -0.1) is 0 Å². The van der Waals surface area contributed by atoms with Crippen molar-refractivity contribution in [3.05, 3.63) is 36.0 Å². The molecular formula is C21H28O6. The molecule has 0 spiro atoms. The number of ketones is 1. The Morgan fingerprint density at radius 3 is 2.63 bits per heavy atom. The van der Waals surface area contributed by atoms with E-state index in [4.69, 9.17) is 14.2 Å². The van der Waals surface area contributed by atoms with Crippen molar-refractivity contribution in [2.75, 3.05) is 13.7 Å². The van der Waals surface area contributed by atoms with Crippen LogP contribution in [0, 0.1) is 11.8 Å². The largest absolute Gasteiger partial charge is 0.461 e. The zero-order chi connectivity index (χ0) is 20.1. The van der Waals surface area contributed by atoms with Crippen molar-refractivity contribution in [3.63, 3.8) is 0 Å². The second kappa shape index (κ2) is 9.13. The second-order valence-corrected chi connectivity index (χ2v) is 7.50. The Kier molecular flexibility index (Phi) is 7.13. The smallest absolute Gasteiger partial charge is 0.334 e. The van der Waals surface area contributed by atoms with E-state index in [1.165, 1.54) is 7.11 Å². The maximum Gasteiger partial charge on any atom is 0.334 e. The minimum Gasteiger partial charge on any atom is -0.461 e. The average molecular weight is 376 g/mol. The van der Waals surface area contributed by atoms with E-state index in [2.05, 4.69) is 13.2 Å². The fraction of sp³-hybridized carbons (Fsp3) is 0.571. The van der Waals surface area contributed by atoms with Crippen LogP contribution >= 0.6 is 0 Å². The summed E-state index contributed by atoms with van der Waals surface area (Å²) in [5.41, 5.74) is 1.48. The van der Waals surface area contributed by atoms with Gasteiger partial charge in [0.05, 0.1) is 6.10 Å². The van der Waals surface area contributed by atoms with Crippen molar-refractivity contribution in [1.29, 1.82) is 0 Å². The molecule has 2 rings (SSSR count). The van der Waals surface area contributed by atoms with E-state index < -0.39 is 24.1 Å². The Bertz CT molecular complexity index is 672. The molecule has 6 nitrogen and oxygen atoms in total. The van der Waals surface area contributed by atoms with Crippen molar-refractivity contribution >= 4 is 17.7 Å². The van der Waals surface area contributed by atoms with Gasteiger partial charge in [0, 0.05) is 37.0 Å². The van der Waals surface area contributed by atoms with Crippen molar-refractivity contribution in [1.82, 2.24) is 0 Å². The fourth-order valence-corrected chi connectivity index (χ4v) is 3.28. The van der Waals surface area contributed by atoms with Crippen LogP contribution in [0.5, 0.6) is 0 Å². The first-order chi connectivity index (χ1) is 12.7. The highest BCUT2D eigenvalue weighted by Crippen LogP contribution is 2.34. The zero-order valence-electron chi connectivity index (χ0n) is 16.3. The molecule has 3 atom stereocenters. The molecule has 0 aromatic heterocycles. The number of fused-ring (bicyclic) bond motifs is 1. The number of hydrogen-bond donors (Lipinski definition) is 0. The highest BCUT2D eigenvalue weighted by molar-refractivity contribution is 5.98. The van der Waals surface area contributed by atoms with Gasteiger partial charge in [0.1, 0.15) is 12.7 Å². The molecule has 0 aromatic rings. The van der Waals surface area contributed by atoms with E-state index in [1.54, 1.807) is 6.08 Å². The third-order valence-electron chi connectivity index (χ3n) is 4.91. The molecule has 1 aliphatic carbocycles. The van der Waals surface area contributed by atoms with Crippen LogP contribution in [0.15, 0.2) is 36.0 Å². The van der Waals surface area contributed by atoms with Crippen LogP contribution in [-0.2, 0) is 28.6 Å². The number of esters is 2. The molecule has 0 bridgehead atoms. The molecule has 148 valence electrons. The Morgan fingerprint density at radius 1 is 1.30 bits per heavy atom. The predicted octanol–water partition coefficient (Wildman–Crippen LogP) is 2.92. The maximum absolute atomic E-state index is 12.5. The summed E-state index contributed by atoms with van der Waals surface area (Å²) in [7, 11) is 1.53. The average Bonchev–Trinajstić information content (AvgIpc) is 2.86. The lowest BCUT2D eigenvalue weighted by Crippen LogP contribution is -2.26. The number of hydrogen-bond acceptors (Lipinski definition) is 6. The molecule has 1 saturated heterocycles. The van der Waals surface area contributed by atoms with E-state index >= 15 is 0 Å². The van der Waals surface area contributed by atoms with Crippen LogP contribution in [0.3, 0.4) is 0 Å². The number of Topliss-reactive ketones (excluding diaryl/α,β-unsaturated/α-hetero) is 1.